The molecule has 0 unspecified atom stereocenters. The van der Waals surface area contributed by atoms with Crippen molar-refractivity contribution in [2.24, 2.45) is 0 Å². The van der Waals surface area contributed by atoms with Gasteiger partial charge >= 0.3 is 0 Å². The molecule has 1 atom stereocenters. The Bertz CT molecular complexity index is 448. The number of carbonyl (C=O) groups is 1. The summed E-state index contributed by atoms with van der Waals surface area (Å²) in [5, 5.41) is 0. The van der Waals surface area contributed by atoms with Crippen molar-refractivity contribution >= 4 is 5.78 Å². The number of hydrogen-bond acceptors (Lipinski definition) is 2. The van der Waals surface area contributed by atoms with Gasteiger partial charge in [0.05, 0.1) is 0 Å². The summed E-state index contributed by atoms with van der Waals surface area (Å²) in [5.74, 6) is 0.455. The van der Waals surface area contributed by atoms with E-state index in [4.69, 9.17) is 0 Å². The molecule has 0 bridgehead atoms. The van der Waals surface area contributed by atoms with Gasteiger partial charge in [-0.2, -0.15) is 0 Å². The highest BCUT2D eigenvalue weighted by Crippen LogP contribution is 2.40. The topological polar surface area (TPSA) is 20.3 Å². The Morgan fingerprint density at radius 1 is 0.850 bits per heavy atom. The number of Topliss-reactive ketones (excluding diaryl/α,β-unsaturated/α-hetero) is 1. The molecular weight excluding hydrogens is 246 g/mol. The minimum absolute atomic E-state index is 0.316. The molecule has 2 aliphatic rings. The van der Waals surface area contributed by atoms with Crippen LogP contribution in [0, 0.1) is 0 Å². The van der Waals surface area contributed by atoms with Gasteiger partial charge in [-0.1, -0.05) is 49.6 Å². The van der Waals surface area contributed by atoms with Gasteiger partial charge in [-0.15, -0.1) is 0 Å². The van der Waals surface area contributed by atoms with Crippen molar-refractivity contribution in [2.45, 2.75) is 56.9 Å². The summed E-state index contributed by atoms with van der Waals surface area (Å²) in [6.45, 7) is 2.17. The second-order valence-corrected chi connectivity index (χ2v) is 6.26. The molecule has 2 fully saturated rings. The van der Waals surface area contributed by atoms with Crippen molar-refractivity contribution in [2.75, 3.05) is 13.1 Å². The minimum Gasteiger partial charge on any atom is -0.297 e. The monoisotopic (exact) mass is 271 g/mol. The lowest BCUT2D eigenvalue weighted by atomic mass is 9.74. The number of carbonyl (C=O) groups excluding carboxylic acids is 1. The second kappa shape index (κ2) is 6.09. The van der Waals surface area contributed by atoms with E-state index >= 15 is 0 Å². The van der Waals surface area contributed by atoms with Gasteiger partial charge in [-0.3, -0.25) is 9.69 Å². The molecule has 1 aromatic rings. The number of likely N-dealkylation sites (tertiary alicyclic amines) is 1. The van der Waals surface area contributed by atoms with Gasteiger partial charge in [0.25, 0.3) is 0 Å². The third-order valence-electron chi connectivity index (χ3n) is 5.05. The van der Waals surface area contributed by atoms with Crippen LogP contribution in [0.3, 0.4) is 0 Å². The van der Waals surface area contributed by atoms with E-state index in [-0.39, 0.29) is 5.54 Å². The zero-order chi connectivity index (χ0) is 13.8. The summed E-state index contributed by atoms with van der Waals surface area (Å²) in [5.41, 5.74) is 0.913. The molecular formula is C18H25NO. The quantitative estimate of drug-likeness (QED) is 0.813. The van der Waals surface area contributed by atoms with Crippen LogP contribution in [0.2, 0.25) is 0 Å². The first-order chi connectivity index (χ1) is 9.84. The maximum absolute atomic E-state index is 12.9. The van der Waals surface area contributed by atoms with E-state index in [0.717, 1.165) is 32.4 Å². The summed E-state index contributed by atoms with van der Waals surface area (Å²) in [7, 11) is 0. The normalized spacial score (nSPS) is 29.1. The first kappa shape index (κ1) is 13.8. The minimum atomic E-state index is -0.316. The van der Waals surface area contributed by atoms with Crippen LogP contribution in [0.5, 0.6) is 0 Å². The van der Waals surface area contributed by atoms with Crippen LogP contribution in [0.4, 0.5) is 0 Å². The summed E-state index contributed by atoms with van der Waals surface area (Å²) >= 11 is 0. The van der Waals surface area contributed by atoms with Gasteiger partial charge in [-0.05, 0) is 44.3 Å². The molecule has 20 heavy (non-hydrogen) atoms. The summed E-state index contributed by atoms with van der Waals surface area (Å²) in [4.78, 5) is 15.4. The molecule has 2 heteroatoms. The molecule has 1 saturated carbocycles. The Balaban J connectivity index is 2.00. The largest absolute Gasteiger partial charge is 0.297 e. The van der Waals surface area contributed by atoms with E-state index in [1.54, 1.807) is 0 Å². The smallest absolute Gasteiger partial charge is 0.157 e. The molecule has 0 spiro atoms. The number of nitrogens with zero attached hydrogens (tertiary/aromatic N) is 1. The van der Waals surface area contributed by atoms with Gasteiger partial charge in [-0.25, -0.2) is 0 Å². The maximum atomic E-state index is 12.9. The molecule has 0 N–H and O–H groups in total. The molecule has 1 aromatic carbocycles. The number of ketones is 1. The van der Waals surface area contributed by atoms with Crippen LogP contribution in [-0.4, -0.2) is 23.8 Å². The van der Waals surface area contributed by atoms with Crippen molar-refractivity contribution in [3.8, 4) is 0 Å². The lowest BCUT2D eigenvalue weighted by Gasteiger charge is -2.45. The second-order valence-electron chi connectivity index (χ2n) is 6.26. The lowest BCUT2D eigenvalue weighted by molar-refractivity contribution is -0.135. The molecule has 108 valence electrons. The molecule has 1 aliphatic heterocycles. The highest BCUT2D eigenvalue weighted by molar-refractivity contribution is 5.90. The van der Waals surface area contributed by atoms with E-state index in [1.165, 1.54) is 37.7 Å². The molecule has 1 saturated heterocycles. The Morgan fingerprint density at radius 3 is 2.20 bits per heavy atom. The standard InChI is InChI=1S/C18H25NO/c20-17-12-6-7-13-18(17,16-10-4-3-5-11-16)19-14-8-1-2-9-15-19/h3-5,10-11H,1-2,6-9,12-15H2/t18-/m0/s1. The summed E-state index contributed by atoms with van der Waals surface area (Å²) in [6.07, 6.45) is 9.12. The Morgan fingerprint density at radius 2 is 1.55 bits per heavy atom. The summed E-state index contributed by atoms with van der Waals surface area (Å²) < 4.78 is 0. The highest BCUT2D eigenvalue weighted by Gasteiger charge is 2.45. The average molecular weight is 271 g/mol. The van der Waals surface area contributed by atoms with Gasteiger partial charge in [0.15, 0.2) is 5.78 Å². The van der Waals surface area contributed by atoms with Crippen molar-refractivity contribution in [1.29, 1.82) is 0 Å². The van der Waals surface area contributed by atoms with E-state index < -0.39 is 0 Å². The first-order valence-corrected chi connectivity index (χ1v) is 8.18. The first-order valence-electron chi connectivity index (χ1n) is 8.18. The number of benzene rings is 1. The van der Waals surface area contributed by atoms with Crippen molar-refractivity contribution in [3.63, 3.8) is 0 Å². The number of rotatable bonds is 2. The zero-order valence-electron chi connectivity index (χ0n) is 12.3. The van der Waals surface area contributed by atoms with Crippen LogP contribution in [0.1, 0.15) is 56.9 Å². The van der Waals surface area contributed by atoms with Crippen molar-refractivity contribution in [3.05, 3.63) is 35.9 Å². The molecule has 0 amide bonds. The fourth-order valence-electron chi connectivity index (χ4n) is 4.00. The lowest BCUT2D eigenvalue weighted by Crippen LogP contribution is -2.53. The van der Waals surface area contributed by atoms with Crippen LogP contribution in [0.15, 0.2) is 30.3 Å². The molecule has 2 nitrogen and oxygen atoms in total. The molecule has 1 aliphatic carbocycles. The van der Waals surface area contributed by atoms with E-state index in [0.29, 0.717) is 5.78 Å². The Kier molecular flexibility index (Phi) is 4.21. The Hall–Kier alpha value is -1.15. The zero-order valence-corrected chi connectivity index (χ0v) is 12.3. The molecule has 1 heterocycles. The van der Waals surface area contributed by atoms with Gasteiger partial charge in [0, 0.05) is 6.42 Å². The van der Waals surface area contributed by atoms with Gasteiger partial charge < -0.3 is 0 Å². The van der Waals surface area contributed by atoms with Gasteiger partial charge in [0.1, 0.15) is 5.54 Å². The molecule has 0 aromatic heterocycles. The third-order valence-corrected chi connectivity index (χ3v) is 5.05. The average Bonchev–Trinajstić information content (AvgIpc) is 2.78. The van der Waals surface area contributed by atoms with Crippen LogP contribution in [-0.2, 0) is 10.3 Å². The van der Waals surface area contributed by atoms with E-state index in [2.05, 4.69) is 29.2 Å². The van der Waals surface area contributed by atoms with Gasteiger partial charge in [0.2, 0.25) is 0 Å². The SMILES string of the molecule is O=C1CCCC[C@@]1(c1ccccc1)N1CCCCCC1. The fraction of sp³-hybridized carbons (Fsp3) is 0.611. The van der Waals surface area contributed by atoms with E-state index in [1.807, 2.05) is 6.07 Å². The Labute approximate surface area is 122 Å². The summed E-state index contributed by atoms with van der Waals surface area (Å²) in [6, 6.07) is 10.5. The predicted molar refractivity (Wildman–Crippen MR) is 81.6 cm³/mol. The third kappa shape index (κ3) is 2.42. The van der Waals surface area contributed by atoms with E-state index in [9.17, 15) is 4.79 Å². The van der Waals surface area contributed by atoms with Crippen molar-refractivity contribution < 1.29 is 4.79 Å². The molecule has 0 radical (unpaired) electrons. The van der Waals surface area contributed by atoms with Crippen LogP contribution in [0.25, 0.3) is 0 Å². The highest BCUT2D eigenvalue weighted by atomic mass is 16.1. The maximum Gasteiger partial charge on any atom is 0.157 e. The fourth-order valence-corrected chi connectivity index (χ4v) is 4.00. The van der Waals surface area contributed by atoms with Crippen molar-refractivity contribution in [1.82, 2.24) is 4.90 Å². The van der Waals surface area contributed by atoms with Crippen LogP contribution >= 0.6 is 0 Å². The number of hydrogen-bond donors (Lipinski definition) is 0. The predicted octanol–water partition coefficient (Wildman–Crippen LogP) is 3.90. The van der Waals surface area contributed by atoms with Crippen LogP contribution < -0.4 is 0 Å². The molecule has 3 rings (SSSR count).